The van der Waals surface area contributed by atoms with Gasteiger partial charge >= 0.3 is 0 Å². The standard InChI is InChI=1S/C17H21N3O2/c1-4-20(5-2)16-10-9-14(12-18-16)19-17(21)13-7-6-8-15(11-13)22-3/h6-12H,4-5H2,1-3H3,(H,19,21). The first kappa shape index (κ1) is 15.8. The number of methoxy groups -OCH3 is 1. The summed E-state index contributed by atoms with van der Waals surface area (Å²) in [5.41, 5.74) is 1.22. The van der Waals surface area contributed by atoms with Crippen LogP contribution in [-0.4, -0.2) is 31.1 Å². The molecule has 0 spiro atoms. The first-order valence-corrected chi connectivity index (χ1v) is 7.34. The molecule has 2 rings (SSSR count). The molecule has 0 radical (unpaired) electrons. The van der Waals surface area contributed by atoms with E-state index in [1.165, 1.54) is 0 Å². The molecule has 0 aliphatic rings. The van der Waals surface area contributed by atoms with E-state index in [1.54, 1.807) is 37.6 Å². The lowest BCUT2D eigenvalue weighted by Crippen LogP contribution is -2.22. The highest BCUT2D eigenvalue weighted by atomic mass is 16.5. The van der Waals surface area contributed by atoms with Gasteiger partial charge in [-0.1, -0.05) is 6.07 Å². The lowest BCUT2D eigenvalue weighted by atomic mass is 10.2. The molecule has 1 heterocycles. The number of hydrogen-bond donors (Lipinski definition) is 1. The Labute approximate surface area is 130 Å². The SMILES string of the molecule is CCN(CC)c1ccc(NC(=O)c2cccc(OC)c2)cn1. The molecule has 5 heteroatoms. The molecule has 22 heavy (non-hydrogen) atoms. The van der Waals surface area contributed by atoms with Gasteiger partial charge in [-0.15, -0.1) is 0 Å². The summed E-state index contributed by atoms with van der Waals surface area (Å²) in [6.45, 7) is 5.98. The lowest BCUT2D eigenvalue weighted by molar-refractivity contribution is 0.102. The summed E-state index contributed by atoms with van der Waals surface area (Å²) in [7, 11) is 1.58. The maximum Gasteiger partial charge on any atom is 0.255 e. The number of hydrogen-bond acceptors (Lipinski definition) is 4. The average molecular weight is 299 g/mol. The Balaban J connectivity index is 2.08. The molecule has 0 fully saturated rings. The number of rotatable bonds is 6. The number of benzene rings is 1. The highest BCUT2D eigenvalue weighted by Crippen LogP contribution is 2.16. The number of carbonyl (C=O) groups is 1. The van der Waals surface area contributed by atoms with Crippen LogP contribution in [-0.2, 0) is 0 Å². The Morgan fingerprint density at radius 1 is 1.23 bits per heavy atom. The average Bonchev–Trinajstić information content (AvgIpc) is 2.57. The van der Waals surface area contributed by atoms with Gasteiger partial charge in [-0.2, -0.15) is 0 Å². The summed E-state index contributed by atoms with van der Waals surface area (Å²) in [6.07, 6.45) is 1.67. The predicted molar refractivity (Wildman–Crippen MR) is 88.7 cm³/mol. The summed E-state index contributed by atoms with van der Waals surface area (Å²) in [5.74, 6) is 1.38. The number of amides is 1. The van der Waals surface area contributed by atoms with Crippen molar-refractivity contribution in [3.63, 3.8) is 0 Å². The smallest absolute Gasteiger partial charge is 0.255 e. The number of nitrogens with zero attached hydrogens (tertiary/aromatic N) is 2. The highest BCUT2D eigenvalue weighted by Gasteiger charge is 2.08. The van der Waals surface area contributed by atoms with Crippen LogP contribution in [0, 0.1) is 0 Å². The maximum atomic E-state index is 12.2. The zero-order valence-corrected chi connectivity index (χ0v) is 13.2. The van der Waals surface area contributed by atoms with Crippen molar-refractivity contribution in [3.8, 4) is 5.75 Å². The summed E-state index contributed by atoms with van der Waals surface area (Å²) < 4.78 is 5.12. The second-order valence-electron chi connectivity index (χ2n) is 4.76. The number of ether oxygens (including phenoxy) is 1. The molecule has 0 saturated carbocycles. The molecule has 1 N–H and O–H groups in total. The molecule has 5 nitrogen and oxygen atoms in total. The van der Waals surface area contributed by atoms with Crippen LogP contribution >= 0.6 is 0 Å². The van der Waals surface area contributed by atoms with E-state index in [4.69, 9.17) is 4.74 Å². The third kappa shape index (κ3) is 3.75. The van der Waals surface area contributed by atoms with Crippen LogP contribution in [0.5, 0.6) is 5.75 Å². The molecule has 0 aliphatic carbocycles. The van der Waals surface area contributed by atoms with Crippen molar-refractivity contribution < 1.29 is 9.53 Å². The van der Waals surface area contributed by atoms with Gasteiger partial charge < -0.3 is 15.0 Å². The van der Waals surface area contributed by atoms with Gasteiger partial charge in [-0.05, 0) is 44.2 Å². The molecule has 0 saturated heterocycles. The number of aromatic nitrogens is 1. The normalized spacial score (nSPS) is 10.1. The fourth-order valence-corrected chi connectivity index (χ4v) is 2.16. The summed E-state index contributed by atoms with van der Waals surface area (Å²) in [5, 5.41) is 2.84. The number of nitrogens with one attached hydrogen (secondary N) is 1. The third-order valence-corrected chi connectivity index (χ3v) is 3.43. The van der Waals surface area contributed by atoms with Gasteiger partial charge in [0.1, 0.15) is 11.6 Å². The van der Waals surface area contributed by atoms with Crippen molar-refractivity contribution >= 4 is 17.4 Å². The monoisotopic (exact) mass is 299 g/mol. The molecular formula is C17H21N3O2. The molecule has 2 aromatic rings. The van der Waals surface area contributed by atoms with Crippen molar-refractivity contribution in [1.82, 2.24) is 4.98 Å². The fraction of sp³-hybridized carbons (Fsp3) is 0.294. The largest absolute Gasteiger partial charge is 0.497 e. The highest BCUT2D eigenvalue weighted by molar-refractivity contribution is 6.04. The van der Waals surface area contributed by atoms with Crippen LogP contribution in [0.1, 0.15) is 24.2 Å². The molecular weight excluding hydrogens is 278 g/mol. The van der Waals surface area contributed by atoms with Crippen LogP contribution in [0.15, 0.2) is 42.6 Å². The van der Waals surface area contributed by atoms with Gasteiger partial charge in [0.15, 0.2) is 0 Å². The first-order valence-electron chi connectivity index (χ1n) is 7.34. The van der Waals surface area contributed by atoms with Crippen LogP contribution in [0.25, 0.3) is 0 Å². The second kappa shape index (κ2) is 7.45. The van der Waals surface area contributed by atoms with Gasteiger partial charge in [-0.25, -0.2) is 4.98 Å². The van der Waals surface area contributed by atoms with E-state index in [-0.39, 0.29) is 5.91 Å². The summed E-state index contributed by atoms with van der Waals surface area (Å²) >= 11 is 0. The molecule has 0 atom stereocenters. The Hall–Kier alpha value is -2.56. The van der Waals surface area contributed by atoms with Crippen LogP contribution in [0.4, 0.5) is 11.5 Å². The van der Waals surface area contributed by atoms with Crippen molar-refractivity contribution in [2.24, 2.45) is 0 Å². The zero-order chi connectivity index (χ0) is 15.9. The fourth-order valence-electron chi connectivity index (χ4n) is 2.16. The van der Waals surface area contributed by atoms with Crippen molar-refractivity contribution in [2.75, 3.05) is 30.4 Å². The first-order chi connectivity index (χ1) is 10.7. The Kier molecular flexibility index (Phi) is 5.36. The van der Waals surface area contributed by atoms with E-state index in [0.29, 0.717) is 17.0 Å². The quantitative estimate of drug-likeness (QED) is 0.890. The minimum atomic E-state index is -0.184. The number of pyridine rings is 1. The topological polar surface area (TPSA) is 54.5 Å². The minimum Gasteiger partial charge on any atom is -0.497 e. The third-order valence-electron chi connectivity index (χ3n) is 3.43. The molecule has 1 amide bonds. The molecule has 1 aromatic carbocycles. The van der Waals surface area contributed by atoms with E-state index < -0.39 is 0 Å². The van der Waals surface area contributed by atoms with Gasteiger partial charge in [0.25, 0.3) is 5.91 Å². The van der Waals surface area contributed by atoms with Crippen molar-refractivity contribution in [3.05, 3.63) is 48.2 Å². The molecule has 116 valence electrons. The van der Waals surface area contributed by atoms with Gasteiger partial charge in [0.2, 0.25) is 0 Å². The maximum absolute atomic E-state index is 12.2. The van der Waals surface area contributed by atoms with Crippen molar-refractivity contribution in [1.29, 1.82) is 0 Å². The summed E-state index contributed by atoms with van der Waals surface area (Å²) in [4.78, 5) is 18.7. The summed E-state index contributed by atoms with van der Waals surface area (Å²) in [6, 6.07) is 10.8. The zero-order valence-electron chi connectivity index (χ0n) is 13.2. The Morgan fingerprint density at radius 3 is 2.59 bits per heavy atom. The van der Waals surface area contributed by atoms with Crippen molar-refractivity contribution in [2.45, 2.75) is 13.8 Å². The van der Waals surface area contributed by atoms with Crippen LogP contribution in [0.3, 0.4) is 0 Å². The van der Waals surface area contributed by atoms with E-state index >= 15 is 0 Å². The predicted octanol–water partition coefficient (Wildman–Crippen LogP) is 3.19. The number of anilines is 2. The molecule has 1 aromatic heterocycles. The minimum absolute atomic E-state index is 0.184. The molecule has 0 bridgehead atoms. The van der Waals surface area contributed by atoms with Gasteiger partial charge in [0, 0.05) is 18.7 Å². The van der Waals surface area contributed by atoms with E-state index in [9.17, 15) is 4.79 Å². The Bertz CT molecular complexity index is 622. The van der Waals surface area contributed by atoms with Gasteiger partial charge in [0.05, 0.1) is 19.0 Å². The van der Waals surface area contributed by atoms with E-state index in [2.05, 4.69) is 29.0 Å². The van der Waals surface area contributed by atoms with E-state index in [1.807, 2.05) is 12.1 Å². The van der Waals surface area contributed by atoms with E-state index in [0.717, 1.165) is 18.9 Å². The van der Waals surface area contributed by atoms with Gasteiger partial charge in [-0.3, -0.25) is 4.79 Å². The van der Waals surface area contributed by atoms with Crippen LogP contribution in [0.2, 0.25) is 0 Å². The Morgan fingerprint density at radius 2 is 2.00 bits per heavy atom. The molecule has 0 unspecified atom stereocenters. The number of carbonyl (C=O) groups excluding carboxylic acids is 1. The van der Waals surface area contributed by atoms with Crippen LogP contribution < -0.4 is 15.0 Å². The lowest BCUT2D eigenvalue weighted by Gasteiger charge is -2.19. The molecule has 0 aliphatic heterocycles. The second-order valence-corrected chi connectivity index (χ2v) is 4.76.